The van der Waals surface area contributed by atoms with Gasteiger partial charge in [-0.25, -0.2) is 0 Å². The van der Waals surface area contributed by atoms with Crippen LogP contribution in [0, 0.1) is 0 Å². The maximum absolute atomic E-state index is 12.6. The van der Waals surface area contributed by atoms with Crippen LogP contribution in [0.3, 0.4) is 0 Å². The molecule has 0 aliphatic rings. The van der Waals surface area contributed by atoms with Gasteiger partial charge in [0.05, 0.1) is 32.2 Å². The number of anilines is 2. The molecule has 0 saturated heterocycles. The summed E-state index contributed by atoms with van der Waals surface area (Å²) in [7, 11) is 2.77. The fourth-order valence-electron chi connectivity index (χ4n) is 1.78. The molecule has 8 heteroatoms. The summed E-state index contributed by atoms with van der Waals surface area (Å²) in [6, 6.07) is 2.74. The normalized spacial score (nSPS) is 11.3. The second-order valence-corrected chi connectivity index (χ2v) is 4.03. The number of aliphatic hydroxyl groups excluding tert-OH is 1. The van der Waals surface area contributed by atoms with Gasteiger partial charge in [0.15, 0.2) is 11.5 Å². The van der Waals surface area contributed by atoms with Crippen molar-refractivity contribution in [2.75, 3.05) is 44.5 Å². The second kappa shape index (κ2) is 6.56. The maximum Gasteiger partial charge on any atom is 0.405 e. The number of nitrogens with zero attached hydrogens (tertiary/aromatic N) is 1. The summed E-state index contributed by atoms with van der Waals surface area (Å²) in [4.78, 5) is 0.942. The molecule has 1 rings (SSSR count). The number of benzene rings is 1. The van der Waals surface area contributed by atoms with Gasteiger partial charge in [-0.05, 0) is 0 Å². The van der Waals surface area contributed by atoms with E-state index in [4.69, 9.17) is 20.3 Å². The van der Waals surface area contributed by atoms with Crippen LogP contribution in [0.4, 0.5) is 24.5 Å². The number of rotatable bonds is 6. The summed E-state index contributed by atoms with van der Waals surface area (Å²) in [5.41, 5.74) is 5.99. The van der Waals surface area contributed by atoms with Crippen molar-refractivity contribution in [3.05, 3.63) is 12.1 Å². The summed E-state index contributed by atoms with van der Waals surface area (Å²) < 4.78 is 47.7. The fraction of sp³-hybridized carbons (Fsp3) is 0.500. The average Bonchev–Trinajstić information content (AvgIpc) is 2.36. The van der Waals surface area contributed by atoms with E-state index < -0.39 is 19.3 Å². The molecule has 0 bridgehead atoms. The van der Waals surface area contributed by atoms with Gasteiger partial charge in [0.2, 0.25) is 0 Å². The number of hydrogen-bond donors (Lipinski definition) is 2. The molecule has 0 fully saturated rings. The standard InChI is InChI=1S/C12H17F3N2O3/c1-19-10-5-8(16)9(6-11(10)20-2)17(3-4-18)7-12(13,14)15/h5-6,18H,3-4,7,16H2,1-2H3. The van der Waals surface area contributed by atoms with Crippen molar-refractivity contribution in [2.24, 2.45) is 0 Å². The number of nitrogen functional groups attached to an aromatic ring is 1. The van der Waals surface area contributed by atoms with E-state index in [0.717, 1.165) is 4.90 Å². The van der Waals surface area contributed by atoms with Gasteiger partial charge in [0.1, 0.15) is 6.54 Å². The van der Waals surface area contributed by atoms with Gasteiger partial charge in [-0.1, -0.05) is 0 Å². The Hall–Kier alpha value is -1.83. The molecule has 1 aromatic rings. The zero-order valence-corrected chi connectivity index (χ0v) is 11.2. The van der Waals surface area contributed by atoms with Gasteiger partial charge in [-0.2, -0.15) is 13.2 Å². The molecule has 0 amide bonds. The minimum atomic E-state index is -4.41. The smallest absolute Gasteiger partial charge is 0.405 e. The summed E-state index contributed by atoms with van der Waals surface area (Å²) in [6.45, 7) is -1.84. The molecule has 0 aliphatic heterocycles. The Morgan fingerprint density at radius 3 is 2.20 bits per heavy atom. The highest BCUT2D eigenvalue weighted by atomic mass is 19.4. The number of methoxy groups -OCH3 is 2. The van der Waals surface area contributed by atoms with Gasteiger partial charge in [0, 0.05) is 18.7 Å². The lowest BCUT2D eigenvalue weighted by molar-refractivity contribution is -0.119. The molecule has 0 unspecified atom stereocenters. The Balaban J connectivity index is 3.18. The molecule has 0 aliphatic carbocycles. The molecule has 0 heterocycles. The average molecular weight is 294 g/mol. The molecule has 5 nitrogen and oxygen atoms in total. The third-order valence-electron chi connectivity index (χ3n) is 2.61. The number of halogens is 3. The lowest BCUT2D eigenvalue weighted by Gasteiger charge is -2.27. The molecule has 0 atom stereocenters. The van der Waals surface area contributed by atoms with Crippen LogP contribution >= 0.6 is 0 Å². The van der Waals surface area contributed by atoms with Gasteiger partial charge in [-0.15, -0.1) is 0 Å². The number of ether oxygens (including phenoxy) is 2. The van der Waals surface area contributed by atoms with E-state index >= 15 is 0 Å². The van der Waals surface area contributed by atoms with Crippen molar-refractivity contribution in [2.45, 2.75) is 6.18 Å². The van der Waals surface area contributed by atoms with Crippen molar-refractivity contribution >= 4 is 11.4 Å². The zero-order valence-electron chi connectivity index (χ0n) is 11.2. The van der Waals surface area contributed by atoms with Crippen LogP contribution in [0.5, 0.6) is 11.5 Å². The third-order valence-corrected chi connectivity index (χ3v) is 2.61. The summed E-state index contributed by atoms with van der Waals surface area (Å²) in [5, 5.41) is 8.91. The molecule has 114 valence electrons. The van der Waals surface area contributed by atoms with Crippen LogP contribution in [0.1, 0.15) is 0 Å². The number of alkyl halides is 3. The largest absolute Gasteiger partial charge is 0.493 e. The van der Waals surface area contributed by atoms with Crippen molar-refractivity contribution in [1.29, 1.82) is 0 Å². The monoisotopic (exact) mass is 294 g/mol. The van der Waals surface area contributed by atoms with E-state index in [2.05, 4.69) is 0 Å². The number of hydrogen-bond acceptors (Lipinski definition) is 5. The highest BCUT2D eigenvalue weighted by molar-refractivity contribution is 5.73. The van der Waals surface area contributed by atoms with Crippen LogP contribution in [-0.4, -0.2) is 45.2 Å². The predicted molar refractivity (Wildman–Crippen MR) is 69.3 cm³/mol. The first kappa shape index (κ1) is 16.2. The Morgan fingerprint density at radius 2 is 1.75 bits per heavy atom. The molecular weight excluding hydrogens is 277 g/mol. The molecule has 1 aromatic carbocycles. The van der Waals surface area contributed by atoms with Crippen molar-refractivity contribution in [3.8, 4) is 11.5 Å². The van der Waals surface area contributed by atoms with Gasteiger partial charge < -0.3 is 25.2 Å². The highest BCUT2D eigenvalue weighted by Crippen LogP contribution is 2.37. The van der Waals surface area contributed by atoms with E-state index in [0.29, 0.717) is 5.75 Å². The van der Waals surface area contributed by atoms with Crippen molar-refractivity contribution < 1.29 is 27.8 Å². The van der Waals surface area contributed by atoms with Crippen LogP contribution in [0.2, 0.25) is 0 Å². The molecule has 3 N–H and O–H groups in total. The molecule has 0 radical (unpaired) electrons. The van der Waals surface area contributed by atoms with Crippen LogP contribution < -0.4 is 20.1 Å². The first-order valence-electron chi connectivity index (χ1n) is 5.76. The minimum absolute atomic E-state index is 0.111. The summed E-state index contributed by atoms with van der Waals surface area (Å²) in [6.07, 6.45) is -4.41. The second-order valence-electron chi connectivity index (χ2n) is 4.03. The van der Waals surface area contributed by atoms with Crippen LogP contribution in [0.25, 0.3) is 0 Å². The first-order chi connectivity index (χ1) is 9.32. The summed E-state index contributed by atoms with van der Waals surface area (Å²) >= 11 is 0. The fourth-order valence-corrected chi connectivity index (χ4v) is 1.78. The Bertz CT molecular complexity index is 452. The quantitative estimate of drug-likeness (QED) is 0.781. The summed E-state index contributed by atoms with van der Waals surface area (Å²) in [5.74, 6) is 0.589. The van der Waals surface area contributed by atoms with Crippen LogP contribution in [-0.2, 0) is 0 Å². The molecule has 0 spiro atoms. The lowest BCUT2D eigenvalue weighted by atomic mass is 10.2. The topological polar surface area (TPSA) is 68.0 Å². The maximum atomic E-state index is 12.6. The zero-order chi connectivity index (χ0) is 15.3. The lowest BCUT2D eigenvalue weighted by Crippen LogP contribution is -2.36. The third kappa shape index (κ3) is 4.09. The van der Waals surface area contributed by atoms with Crippen molar-refractivity contribution in [3.63, 3.8) is 0 Å². The first-order valence-corrected chi connectivity index (χ1v) is 5.76. The van der Waals surface area contributed by atoms with E-state index in [1.807, 2.05) is 0 Å². The van der Waals surface area contributed by atoms with E-state index in [1.165, 1.54) is 26.4 Å². The van der Waals surface area contributed by atoms with Crippen molar-refractivity contribution in [1.82, 2.24) is 0 Å². The Morgan fingerprint density at radius 1 is 1.20 bits per heavy atom. The Labute approximate surface area is 114 Å². The van der Waals surface area contributed by atoms with Gasteiger partial charge >= 0.3 is 6.18 Å². The van der Waals surface area contributed by atoms with E-state index in [9.17, 15) is 13.2 Å². The SMILES string of the molecule is COc1cc(N)c(N(CCO)CC(F)(F)F)cc1OC. The minimum Gasteiger partial charge on any atom is -0.493 e. The molecule has 0 saturated carbocycles. The van der Waals surface area contributed by atoms with Crippen LogP contribution in [0.15, 0.2) is 12.1 Å². The van der Waals surface area contributed by atoms with E-state index in [-0.39, 0.29) is 23.7 Å². The highest BCUT2D eigenvalue weighted by Gasteiger charge is 2.31. The number of aliphatic hydroxyl groups is 1. The molecular formula is C12H17F3N2O3. The van der Waals surface area contributed by atoms with Gasteiger partial charge in [-0.3, -0.25) is 0 Å². The molecule has 0 aromatic heterocycles. The molecule has 20 heavy (non-hydrogen) atoms. The van der Waals surface area contributed by atoms with Gasteiger partial charge in [0.25, 0.3) is 0 Å². The Kier molecular flexibility index (Phi) is 5.32. The predicted octanol–water partition coefficient (Wildman–Crippen LogP) is 1.65. The van der Waals surface area contributed by atoms with E-state index in [1.54, 1.807) is 0 Å². The number of nitrogens with two attached hydrogens (primary N) is 1.